The minimum atomic E-state index is -3.73. The molecule has 0 bridgehead atoms. The zero-order valence-corrected chi connectivity index (χ0v) is 13.4. The summed E-state index contributed by atoms with van der Waals surface area (Å²) < 4.78 is 26.5. The van der Waals surface area contributed by atoms with Crippen LogP contribution in [0, 0.1) is 13.8 Å². The number of carboxylic acids is 1. The van der Waals surface area contributed by atoms with Crippen LogP contribution in [0.3, 0.4) is 0 Å². The fourth-order valence-electron chi connectivity index (χ4n) is 2.13. The Bertz CT molecular complexity index is 811. The van der Waals surface area contributed by atoms with Crippen molar-refractivity contribution < 1.29 is 18.3 Å². The molecule has 0 saturated carbocycles. The highest BCUT2D eigenvalue weighted by Crippen LogP contribution is 2.27. The molecule has 2 rings (SSSR count). The minimum Gasteiger partial charge on any atom is -0.478 e. The van der Waals surface area contributed by atoms with E-state index in [9.17, 15) is 13.2 Å². The maximum Gasteiger partial charge on any atom is 0.335 e. The molecule has 0 unspecified atom stereocenters. The highest BCUT2D eigenvalue weighted by atomic mass is 32.2. The summed E-state index contributed by atoms with van der Waals surface area (Å²) in [7, 11) is -2.25. The second-order valence-electron chi connectivity index (χ2n) is 5.02. The zero-order valence-electron chi connectivity index (χ0n) is 12.6. The number of nitrogens with zero attached hydrogens (tertiary/aromatic N) is 1. The fraction of sp³-hybridized carbons (Fsp3) is 0.188. The Labute approximate surface area is 129 Å². The van der Waals surface area contributed by atoms with Gasteiger partial charge in [-0.1, -0.05) is 12.1 Å². The van der Waals surface area contributed by atoms with Gasteiger partial charge in [0, 0.05) is 7.05 Å². The molecular formula is C16H17NO4S. The van der Waals surface area contributed by atoms with E-state index in [1.54, 1.807) is 12.1 Å². The quantitative estimate of drug-likeness (QED) is 0.940. The number of benzene rings is 2. The van der Waals surface area contributed by atoms with Gasteiger partial charge in [-0.2, -0.15) is 0 Å². The molecule has 0 aliphatic rings. The number of carbonyl (C=O) groups is 1. The Morgan fingerprint density at radius 1 is 1.05 bits per heavy atom. The summed E-state index contributed by atoms with van der Waals surface area (Å²) in [6.07, 6.45) is 0. The topological polar surface area (TPSA) is 74.7 Å². The van der Waals surface area contributed by atoms with Gasteiger partial charge in [-0.15, -0.1) is 0 Å². The van der Waals surface area contributed by atoms with Gasteiger partial charge in [0.25, 0.3) is 10.0 Å². The molecule has 0 spiro atoms. The molecule has 1 N–H and O–H groups in total. The largest absolute Gasteiger partial charge is 0.478 e. The molecule has 0 atom stereocenters. The van der Waals surface area contributed by atoms with Gasteiger partial charge in [0.15, 0.2) is 0 Å². The summed E-state index contributed by atoms with van der Waals surface area (Å²) in [5.74, 6) is -1.09. The molecule has 0 heterocycles. The Hall–Kier alpha value is -2.34. The van der Waals surface area contributed by atoms with Crippen molar-refractivity contribution in [1.82, 2.24) is 0 Å². The number of sulfonamides is 1. The number of anilines is 1. The lowest BCUT2D eigenvalue weighted by Crippen LogP contribution is -2.27. The molecule has 2 aromatic rings. The second kappa shape index (κ2) is 5.81. The standard InChI is InChI=1S/C16H17NO4S/c1-11-5-4-6-15(12(11)2)17(3)22(20,21)14-9-7-13(8-10-14)16(18)19/h4-10H,1-3H3,(H,18,19). The average Bonchev–Trinajstić information content (AvgIpc) is 2.49. The normalized spacial score (nSPS) is 11.2. The van der Waals surface area contributed by atoms with Gasteiger partial charge in [-0.3, -0.25) is 4.31 Å². The molecule has 0 aliphatic heterocycles. The van der Waals surface area contributed by atoms with Crippen molar-refractivity contribution in [1.29, 1.82) is 0 Å². The van der Waals surface area contributed by atoms with Gasteiger partial charge in [0.2, 0.25) is 0 Å². The van der Waals surface area contributed by atoms with Crippen molar-refractivity contribution in [2.75, 3.05) is 11.4 Å². The third kappa shape index (κ3) is 2.82. The molecule has 0 aromatic heterocycles. The van der Waals surface area contributed by atoms with Crippen molar-refractivity contribution in [3.8, 4) is 0 Å². The van der Waals surface area contributed by atoms with E-state index in [4.69, 9.17) is 5.11 Å². The number of hydrogen-bond acceptors (Lipinski definition) is 3. The van der Waals surface area contributed by atoms with Gasteiger partial charge in [-0.05, 0) is 55.3 Å². The lowest BCUT2D eigenvalue weighted by Gasteiger charge is -2.22. The number of aromatic carboxylic acids is 1. The first kappa shape index (κ1) is 16.0. The Kier molecular flexibility index (Phi) is 4.23. The molecule has 0 saturated heterocycles. The molecule has 116 valence electrons. The summed E-state index contributed by atoms with van der Waals surface area (Å²) in [6, 6.07) is 10.6. The Balaban J connectivity index is 2.45. The van der Waals surface area contributed by atoms with E-state index in [2.05, 4.69) is 0 Å². The predicted molar refractivity (Wildman–Crippen MR) is 84.9 cm³/mol. The highest BCUT2D eigenvalue weighted by Gasteiger charge is 2.23. The van der Waals surface area contributed by atoms with E-state index in [-0.39, 0.29) is 10.5 Å². The molecule has 0 fully saturated rings. The maximum absolute atomic E-state index is 12.7. The van der Waals surface area contributed by atoms with E-state index in [0.717, 1.165) is 11.1 Å². The molecule has 0 radical (unpaired) electrons. The summed E-state index contributed by atoms with van der Waals surface area (Å²) >= 11 is 0. The van der Waals surface area contributed by atoms with Crippen LogP contribution in [0.25, 0.3) is 0 Å². The number of rotatable bonds is 4. The average molecular weight is 319 g/mol. The summed E-state index contributed by atoms with van der Waals surface area (Å²) in [6.45, 7) is 3.78. The van der Waals surface area contributed by atoms with Crippen molar-refractivity contribution in [2.45, 2.75) is 18.7 Å². The number of hydrogen-bond donors (Lipinski definition) is 1. The maximum atomic E-state index is 12.7. The van der Waals surface area contributed by atoms with Gasteiger partial charge in [0.05, 0.1) is 16.1 Å². The predicted octanol–water partition coefficient (Wildman–Crippen LogP) is 2.83. The van der Waals surface area contributed by atoms with E-state index in [0.29, 0.717) is 5.69 Å². The van der Waals surface area contributed by atoms with Gasteiger partial charge in [0.1, 0.15) is 0 Å². The molecule has 5 nitrogen and oxygen atoms in total. The molecular weight excluding hydrogens is 302 g/mol. The van der Waals surface area contributed by atoms with Crippen LogP contribution in [0.4, 0.5) is 5.69 Å². The van der Waals surface area contributed by atoms with Gasteiger partial charge < -0.3 is 5.11 Å². The first-order chi connectivity index (χ1) is 10.2. The summed E-state index contributed by atoms with van der Waals surface area (Å²) in [5.41, 5.74) is 2.53. The van der Waals surface area contributed by atoms with E-state index < -0.39 is 16.0 Å². The van der Waals surface area contributed by atoms with Crippen molar-refractivity contribution >= 4 is 21.7 Å². The monoisotopic (exact) mass is 319 g/mol. The third-order valence-electron chi connectivity index (χ3n) is 3.67. The lowest BCUT2D eigenvalue weighted by molar-refractivity contribution is 0.0696. The Morgan fingerprint density at radius 2 is 1.64 bits per heavy atom. The molecule has 22 heavy (non-hydrogen) atoms. The van der Waals surface area contributed by atoms with E-state index in [1.165, 1.54) is 35.6 Å². The van der Waals surface area contributed by atoms with Crippen LogP contribution in [0.5, 0.6) is 0 Å². The first-order valence-corrected chi connectivity index (χ1v) is 8.07. The van der Waals surface area contributed by atoms with Crippen LogP contribution in [0.15, 0.2) is 47.4 Å². The van der Waals surface area contributed by atoms with E-state index >= 15 is 0 Å². The van der Waals surface area contributed by atoms with Crippen LogP contribution in [0.2, 0.25) is 0 Å². The van der Waals surface area contributed by atoms with Crippen LogP contribution in [-0.4, -0.2) is 26.5 Å². The fourth-order valence-corrected chi connectivity index (χ4v) is 3.39. The SMILES string of the molecule is Cc1cccc(N(C)S(=O)(=O)c2ccc(C(=O)O)cc2)c1C. The summed E-state index contributed by atoms with van der Waals surface area (Å²) in [4.78, 5) is 10.9. The molecule has 2 aromatic carbocycles. The summed E-state index contributed by atoms with van der Waals surface area (Å²) in [5, 5.41) is 8.87. The third-order valence-corrected chi connectivity index (χ3v) is 5.46. The smallest absolute Gasteiger partial charge is 0.335 e. The number of aryl methyl sites for hydroxylation is 1. The second-order valence-corrected chi connectivity index (χ2v) is 6.99. The lowest BCUT2D eigenvalue weighted by atomic mass is 10.1. The molecule has 0 amide bonds. The zero-order chi connectivity index (χ0) is 16.5. The first-order valence-electron chi connectivity index (χ1n) is 6.63. The van der Waals surface area contributed by atoms with Crippen LogP contribution in [0.1, 0.15) is 21.5 Å². The van der Waals surface area contributed by atoms with Crippen molar-refractivity contribution in [3.05, 3.63) is 59.2 Å². The Morgan fingerprint density at radius 3 is 2.18 bits per heavy atom. The van der Waals surface area contributed by atoms with Crippen molar-refractivity contribution in [3.63, 3.8) is 0 Å². The minimum absolute atomic E-state index is 0.0494. The number of carboxylic acid groups (broad SMARTS) is 1. The van der Waals surface area contributed by atoms with Crippen LogP contribution in [-0.2, 0) is 10.0 Å². The van der Waals surface area contributed by atoms with Gasteiger partial charge >= 0.3 is 5.97 Å². The van der Waals surface area contributed by atoms with Crippen molar-refractivity contribution in [2.24, 2.45) is 0 Å². The van der Waals surface area contributed by atoms with Crippen LogP contribution < -0.4 is 4.31 Å². The van der Waals surface area contributed by atoms with Crippen LogP contribution >= 0.6 is 0 Å². The molecule has 0 aliphatic carbocycles. The van der Waals surface area contributed by atoms with Gasteiger partial charge in [-0.25, -0.2) is 13.2 Å². The van der Waals surface area contributed by atoms with E-state index in [1.807, 2.05) is 19.9 Å². The molecule has 6 heteroatoms. The highest BCUT2D eigenvalue weighted by molar-refractivity contribution is 7.92.